The van der Waals surface area contributed by atoms with Gasteiger partial charge in [-0.3, -0.25) is 5.10 Å². The summed E-state index contributed by atoms with van der Waals surface area (Å²) >= 11 is 1.64. The van der Waals surface area contributed by atoms with Crippen molar-refractivity contribution < 1.29 is 0 Å². The lowest BCUT2D eigenvalue weighted by Crippen LogP contribution is -1.83. The molecule has 0 aliphatic carbocycles. The van der Waals surface area contributed by atoms with Gasteiger partial charge in [-0.1, -0.05) is 13.8 Å². The number of thiophene rings is 1. The van der Waals surface area contributed by atoms with Gasteiger partial charge in [-0.25, -0.2) is 0 Å². The van der Waals surface area contributed by atoms with E-state index >= 15 is 0 Å². The number of aromatic amines is 1. The molecule has 0 bridgehead atoms. The number of anilines is 1. The zero-order valence-electron chi connectivity index (χ0n) is 7.74. The number of nitrogens with one attached hydrogen (secondary N) is 1. The summed E-state index contributed by atoms with van der Waals surface area (Å²) in [5.74, 6) is 0. The van der Waals surface area contributed by atoms with E-state index in [1.54, 1.807) is 17.5 Å². The Morgan fingerprint density at radius 1 is 1.46 bits per heavy atom. The lowest BCUT2D eigenvalue weighted by Gasteiger charge is -1.91. The van der Waals surface area contributed by atoms with Gasteiger partial charge in [0.25, 0.3) is 0 Å². The van der Waals surface area contributed by atoms with Gasteiger partial charge < -0.3 is 5.73 Å². The Hall–Kier alpha value is -1.29. The van der Waals surface area contributed by atoms with Crippen LogP contribution in [0.4, 0.5) is 5.69 Å². The summed E-state index contributed by atoms with van der Waals surface area (Å²) < 4.78 is 0. The van der Waals surface area contributed by atoms with Crippen LogP contribution in [0.15, 0.2) is 23.0 Å². The number of rotatable bonds is 1. The first-order valence-electron chi connectivity index (χ1n) is 4.19. The van der Waals surface area contributed by atoms with Gasteiger partial charge in [0.2, 0.25) is 0 Å². The molecule has 70 valence electrons. The zero-order chi connectivity index (χ0) is 9.68. The molecule has 0 unspecified atom stereocenters. The smallest absolute Gasteiger partial charge is 0.0888 e. The minimum Gasteiger partial charge on any atom is -0.396 e. The summed E-state index contributed by atoms with van der Waals surface area (Å²) in [6.45, 7) is 4.00. The normalized spacial score (nSPS) is 9.08. The van der Waals surface area contributed by atoms with Crippen LogP contribution in [-0.4, -0.2) is 10.2 Å². The third-order valence-corrected chi connectivity index (χ3v) is 2.16. The Balaban J connectivity index is 0.000000396. The monoisotopic (exact) mass is 195 g/mol. The lowest BCUT2D eigenvalue weighted by atomic mass is 10.2. The maximum atomic E-state index is 5.64. The molecule has 0 saturated heterocycles. The number of nitrogens with two attached hydrogens (primary N) is 1. The molecule has 0 spiro atoms. The predicted octanol–water partition coefficient (Wildman–Crippen LogP) is 2.75. The second kappa shape index (κ2) is 4.67. The summed E-state index contributed by atoms with van der Waals surface area (Å²) in [7, 11) is 0. The molecule has 0 saturated carbocycles. The predicted molar refractivity (Wildman–Crippen MR) is 57.7 cm³/mol. The van der Waals surface area contributed by atoms with E-state index in [1.807, 2.05) is 30.7 Å². The van der Waals surface area contributed by atoms with E-state index in [-0.39, 0.29) is 0 Å². The maximum absolute atomic E-state index is 5.64. The minimum absolute atomic E-state index is 0.698. The first-order valence-corrected chi connectivity index (χ1v) is 5.13. The van der Waals surface area contributed by atoms with Crippen LogP contribution in [0.25, 0.3) is 11.3 Å². The van der Waals surface area contributed by atoms with E-state index in [0.29, 0.717) is 5.69 Å². The van der Waals surface area contributed by atoms with Gasteiger partial charge in [0.05, 0.1) is 17.6 Å². The largest absolute Gasteiger partial charge is 0.396 e. The first kappa shape index (κ1) is 9.80. The Labute approximate surface area is 81.6 Å². The van der Waals surface area contributed by atoms with Crippen molar-refractivity contribution in [1.29, 1.82) is 0 Å². The van der Waals surface area contributed by atoms with Gasteiger partial charge >= 0.3 is 0 Å². The Morgan fingerprint density at radius 3 is 2.69 bits per heavy atom. The summed E-state index contributed by atoms with van der Waals surface area (Å²) in [4.78, 5) is 0. The average Bonchev–Trinajstić information content (AvgIpc) is 2.77. The van der Waals surface area contributed by atoms with E-state index in [1.165, 1.54) is 0 Å². The molecule has 3 nitrogen and oxygen atoms in total. The summed E-state index contributed by atoms with van der Waals surface area (Å²) in [6.07, 6.45) is 1.62. The van der Waals surface area contributed by atoms with E-state index < -0.39 is 0 Å². The standard InChI is InChI=1S/C7H7N3S.C2H6/c8-6-3-9-10-7(6)5-1-2-11-4-5;1-2/h1-4H,8H2,(H,9,10);1-2H3. The van der Waals surface area contributed by atoms with Crippen LogP contribution in [-0.2, 0) is 0 Å². The molecule has 2 heterocycles. The quantitative estimate of drug-likeness (QED) is 0.735. The topological polar surface area (TPSA) is 54.7 Å². The van der Waals surface area contributed by atoms with Crippen molar-refractivity contribution in [3.63, 3.8) is 0 Å². The molecule has 13 heavy (non-hydrogen) atoms. The zero-order valence-corrected chi connectivity index (χ0v) is 8.56. The van der Waals surface area contributed by atoms with Crippen molar-refractivity contribution in [3.05, 3.63) is 23.0 Å². The fraction of sp³-hybridized carbons (Fsp3) is 0.222. The minimum atomic E-state index is 0.698. The molecule has 4 heteroatoms. The second-order valence-corrected chi connectivity index (χ2v) is 2.99. The van der Waals surface area contributed by atoms with Crippen molar-refractivity contribution in [1.82, 2.24) is 10.2 Å². The van der Waals surface area contributed by atoms with Gasteiger partial charge in [0.15, 0.2) is 0 Å². The van der Waals surface area contributed by atoms with Crippen LogP contribution in [0.3, 0.4) is 0 Å². The molecule has 0 amide bonds. The van der Waals surface area contributed by atoms with Crippen LogP contribution in [0.5, 0.6) is 0 Å². The molecule has 2 rings (SSSR count). The number of H-pyrrole nitrogens is 1. The maximum Gasteiger partial charge on any atom is 0.0888 e. The summed E-state index contributed by atoms with van der Waals surface area (Å²) in [6, 6.07) is 2.01. The van der Waals surface area contributed by atoms with Crippen molar-refractivity contribution >= 4 is 17.0 Å². The van der Waals surface area contributed by atoms with Crippen LogP contribution < -0.4 is 5.73 Å². The van der Waals surface area contributed by atoms with Gasteiger partial charge in [-0.15, -0.1) is 0 Å². The molecule has 3 N–H and O–H groups in total. The van der Waals surface area contributed by atoms with Crippen LogP contribution in [0.2, 0.25) is 0 Å². The molecular weight excluding hydrogens is 182 g/mol. The van der Waals surface area contributed by atoms with Gasteiger partial charge in [0, 0.05) is 10.9 Å². The number of hydrogen-bond donors (Lipinski definition) is 2. The third-order valence-electron chi connectivity index (χ3n) is 1.48. The van der Waals surface area contributed by atoms with Crippen molar-refractivity contribution in [2.75, 3.05) is 5.73 Å². The first-order chi connectivity index (χ1) is 6.38. The molecule has 0 aliphatic rings. The molecule has 0 fully saturated rings. The Bertz CT molecular complexity index is 337. The fourth-order valence-electron chi connectivity index (χ4n) is 0.933. The van der Waals surface area contributed by atoms with E-state index in [9.17, 15) is 0 Å². The molecule has 2 aromatic heterocycles. The van der Waals surface area contributed by atoms with E-state index in [2.05, 4.69) is 10.2 Å². The van der Waals surface area contributed by atoms with Gasteiger partial charge in [-0.2, -0.15) is 16.4 Å². The highest BCUT2D eigenvalue weighted by molar-refractivity contribution is 7.08. The SMILES string of the molecule is CC.Nc1cn[nH]c1-c1ccsc1. The second-order valence-electron chi connectivity index (χ2n) is 2.21. The average molecular weight is 195 g/mol. The van der Waals surface area contributed by atoms with Crippen LogP contribution in [0.1, 0.15) is 13.8 Å². The Morgan fingerprint density at radius 2 is 2.23 bits per heavy atom. The molecule has 0 aliphatic heterocycles. The highest BCUT2D eigenvalue weighted by Crippen LogP contribution is 2.24. The number of nitrogen functional groups attached to an aromatic ring is 1. The van der Waals surface area contributed by atoms with Crippen LogP contribution in [0, 0.1) is 0 Å². The van der Waals surface area contributed by atoms with Gasteiger partial charge in [0.1, 0.15) is 0 Å². The fourth-order valence-corrected chi connectivity index (χ4v) is 1.58. The summed E-state index contributed by atoms with van der Waals surface area (Å²) in [5.41, 5.74) is 8.35. The van der Waals surface area contributed by atoms with Crippen molar-refractivity contribution in [3.8, 4) is 11.3 Å². The molecular formula is C9H13N3S. The van der Waals surface area contributed by atoms with Crippen molar-refractivity contribution in [2.24, 2.45) is 0 Å². The molecule has 2 aromatic rings. The highest BCUT2D eigenvalue weighted by Gasteiger charge is 2.02. The van der Waals surface area contributed by atoms with Gasteiger partial charge in [-0.05, 0) is 11.4 Å². The number of hydrogen-bond acceptors (Lipinski definition) is 3. The van der Waals surface area contributed by atoms with Crippen LogP contribution >= 0.6 is 11.3 Å². The van der Waals surface area contributed by atoms with E-state index in [0.717, 1.165) is 11.3 Å². The molecule has 0 atom stereocenters. The molecule has 0 radical (unpaired) electrons. The molecule has 0 aromatic carbocycles. The Kier molecular flexibility index (Phi) is 3.52. The lowest BCUT2D eigenvalue weighted by molar-refractivity contribution is 1.10. The number of aromatic nitrogens is 2. The highest BCUT2D eigenvalue weighted by atomic mass is 32.1. The van der Waals surface area contributed by atoms with Crippen molar-refractivity contribution in [2.45, 2.75) is 13.8 Å². The number of nitrogens with zero attached hydrogens (tertiary/aromatic N) is 1. The van der Waals surface area contributed by atoms with E-state index in [4.69, 9.17) is 5.73 Å². The third kappa shape index (κ3) is 2.09. The summed E-state index contributed by atoms with van der Waals surface area (Å²) in [5, 5.41) is 10.7.